The largest absolute Gasteiger partial charge is 0.508 e. The lowest BCUT2D eigenvalue weighted by molar-refractivity contribution is 0.184. The predicted octanol–water partition coefficient (Wildman–Crippen LogP) is 3.10. The molecule has 0 fully saturated rings. The summed E-state index contributed by atoms with van der Waals surface area (Å²) in [4.78, 5) is 0. The molecule has 0 aliphatic rings. The molecule has 0 radical (unpaired) electrons. The van der Waals surface area contributed by atoms with Gasteiger partial charge in [0.2, 0.25) is 0 Å². The summed E-state index contributed by atoms with van der Waals surface area (Å²) in [6, 6.07) is 12.7. The predicted molar refractivity (Wildman–Crippen MR) is 82.2 cm³/mol. The van der Waals surface area contributed by atoms with Crippen molar-refractivity contribution in [2.24, 2.45) is 0 Å². The first-order chi connectivity index (χ1) is 10.1. The van der Waals surface area contributed by atoms with Crippen LogP contribution < -0.4 is 5.32 Å². The fraction of sp³-hybridized carbons (Fsp3) is 0.294. The molecule has 1 atom stereocenters. The number of nitrogens with one attached hydrogen (secondary N) is 1. The molecular weight excluding hydrogens is 266 g/mol. The lowest BCUT2D eigenvalue weighted by Crippen LogP contribution is -2.19. The fourth-order valence-corrected chi connectivity index (χ4v) is 2.30. The van der Waals surface area contributed by atoms with Gasteiger partial charge in [-0.25, -0.2) is 0 Å². The molecule has 21 heavy (non-hydrogen) atoms. The Hall–Kier alpha value is -2.04. The SMILES string of the molecule is COCc1ccccc1CNC(C)c1ccc(O)cc1O. The lowest BCUT2D eigenvalue weighted by Gasteiger charge is -2.17. The second-order valence-electron chi connectivity index (χ2n) is 5.05. The van der Waals surface area contributed by atoms with Gasteiger partial charge in [-0.2, -0.15) is 0 Å². The van der Waals surface area contributed by atoms with Crippen molar-refractivity contribution >= 4 is 0 Å². The number of phenols is 2. The van der Waals surface area contributed by atoms with E-state index in [2.05, 4.69) is 11.4 Å². The zero-order valence-corrected chi connectivity index (χ0v) is 12.3. The van der Waals surface area contributed by atoms with E-state index in [-0.39, 0.29) is 17.5 Å². The zero-order chi connectivity index (χ0) is 15.2. The maximum Gasteiger partial charge on any atom is 0.124 e. The van der Waals surface area contributed by atoms with Crippen molar-refractivity contribution in [2.75, 3.05) is 7.11 Å². The molecule has 2 rings (SSSR count). The number of phenolic OH excluding ortho intramolecular Hbond substituents is 2. The highest BCUT2D eigenvalue weighted by molar-refractivity contribution is 5.40. The van der Waals surface area contributed by atoms with Crippen LogP contribution in [0.25, 0.3) is 0 Å². The molecule has 0 amide bonds. The number of hydrogen-bond donors (Lipinski definition) is 3. The smallest absolute Gasteiger partial charge is 0.124 e. The molecule has 0 heterocycles. The molecule has 2 aromatic rings. The molecule has 0 aliphatic heterocycles. The molecule has 0 aromatic heterocycles. The first-order valence-corrected chi connectivity index (χ1v) is 6.92. The molecule has 0 saturated carbocycles. The highest BCUT2D eigenvalue weighted by atomic mass is 16.5. The van der Waals surface area contributed by atoms with Crippen molar-refractivity contribution in [1.29, 1.82) is 0 Å². The highest BCUT2D eigenvalue weighted by Gasteiger charge is 2.11. The van der Waals surface area contributed by atoms with Crippen LogP contribution in [0, 0.1) is 0 Å². The molecule has 4 heteroatoms. The molecule has 2 aromatic carbocycles. The van der Waals surface area contributed by atoms with E-state index in [1.807, 2.05) is 25.1 Å². The van der Waals surface area contributed by atoms with E-state index in [0.717, 1.165) is 11.1 Å². The Bertz CT molecular complexity index is 598. The number of methoxy groups -OCH3 is 1. The van der Waals surface area contributed by atoms with Gasteiger partial charge < -0.3 is 20.3 Å². The van der Waals surface area contributed by atoms with Crippen molar-refractivity contribution in [3.8, 4) is 11.5 Å². The Morgan fingerprint density at radius 1 is 1.10 bits per heavy atom. The van der Waals surface area contributed by atoms with Gasteiger partial charge >= 0.3 is 0 Å². The van der Waals surface area contributed by atoms with E-state index in [4.69, 9.17) is 4.74 Å². The first-order valence-electron chi connectivity index (χ1n) is 6.92. The molecule has 0 spiro atoms. The standard InChI is InChI=1S/C17H21NO3/c1-12(16-8-7-15(19)9-17(16)20)18-10-13-5-3-4-6-14(13)11-21-2/h3-9,12,18-20H,10-11H2,1-2H3. The summed E-state index contributed by atoms with van der Waals surface area (Å²) in [5.41, 5.74) is 3.08. The van der Waals surface area contributed by atoms with Crippen LogP contribution in [0.5, 0.6) is 11.5 Å². The quantitative estimate of drug-likeness (QED) is 0.764. The number of aromatic hydroxyl groups is 2. The molecule has 0 bridgehead atoms. The molecule has 112 valence electrons. The monoisotopic (exact) mass is 287 g/mol. The number of hydrogen-bond acceptors (Lipinski definition) is 4. The second kappa shape index (κ2) is 7.11. The van der Waals surface area contributed by atoms with Crippen molar-refractivity contribution in [3.63, 3.8) is 0 Å². The van der Waals surface area contributed by atoms with Crippen LogP contribution in [-0.4, -0.2) is 17.3 Å². The molecule has 0 saturated heterocycles. The second-order valence-corrected chi connectivity index (χ2v) is 5.05. The topological polar surface area (TPSA) is 61.7 Å². The van der Waals surface area contributed by atoms with E-state index in [0.29, 0.717) is 13.2 Å². The number of rotatable bonds is 6. The van der Waals surface area contributed by atoms with Crippen LogP contribution in [0.1, 0.15) is 29.7 Å². The van der Waals surface area contributed by atoms with Gasteiger partial charge in [-0.1, -0.05) is 30.3 Å². The van der Waals surface area contributed by atoms with Gasteiger partial charge in [-0.05, 0) is 24.1 Å². The summed E-state index contributed by atoms with van der Waals surface area (Å²) in [6.45, 7) is 3.24. The summed E-state index contributed by atoms with van der Waals surface area (Å²) in [7, 11) is 1.68. The van der Waals surface area contributed by atoms with Crippen LogP contribution >= 0.6 is 0 Å². The number of benzene rings is 2. The summed E-state index contributed by atoms with van der Waals surface area (Å²) in [6.07, 6.45) is 0. The summed E-state index contributed by atoms with van der Waals surface area (Å²) >= 11 is 0. The van der Waals surface area contributed by atoms with Gasteiger partial charge in [-0.3, -0.25) is 0 Å². The minimum absolute atomic E-state index is 0.0267. The number of ether oxygens (including phenoxy) is 1. The van der Waals surface area contributed by atoms with E-state index in [1.54, 1.807) is 19.2 Å². The van der Waals surface area contributed by atoms with Crippen molar-refractivity contribution in [2.45, 2.75) is 26.1 Å². The van der Waals surface area contributed by atoms with Gasteiger partial charge in [0.15, 0.2) is 0 Å². The Morgan fingerprint density at radius 2 is 1.81 bits per heavy atom. The summed E-state index contributed by atoms with van der Waals surface area (Å²) in [5.74, 6) is 0.161. The Labute approximate surface area is 125 Å². The van der Waals surface area contributed by atoms with Gasteiger partial charge in [-0.15, -0.1) is 0 Å². The summed E-state index contributed by atoms with van der Waals surface area (Å²) < 4.78 is 5.20. The molecule has 4 nitrogen and oxygen atoms in total. The molecule has 0 aliphatic carbocycles. The van der Waals surface area contributed by atoms with Crippen molar-refractivity contribution in [1.82, 2.24) is 5.32 Å². The average Bonchev–Trinajstić information content (AvgIpc) is 2.46. The zero-order valence-electron chi connectivity index (χ0n) is 12.3. The minimum atomic E-state index is -0.0267. The Balaban J connectivity index is 2.05. The van der Waals surface area contributed by atoms with Crippen molar-refractivity contribution < 1.29 is 14.9 Å². The van der Waals surface area contributed by atoms with Gasteiger partial charge in [0.1, 0.15) is 11.5 Å². The van der Waals surface area contributed by atoms with E-state index in [9.17, 15) is 10.2 Å². The third-order valence-corrected chi connectivity index (χ3v) is 3.50. The Kier molecular flexibility index (Phi) is 5.20. The van der Waals surface area contributed by atoms with Crippen LogP contribution in [0.2, 0.25) is 0 Å². The van der Waals surface area contributed by atoms with E-state index in [1.165, 1.54) is 11.6 Å². The van der Waals surface area contributed by atoms with Crippen LogP contribution in [0.4, 0.5) is 0 Å². The van der Waals surface area contributed by atoms with Crippen LogP contribution in [0.15, 0.2) is 42.5 Å². The fourth-order valence-electron chi connectivity index (χ4n) is 2.30. The third kappa shape index (κ3) is 3.97. The van der Waals surface area contributed by atoms with Gasteiger partial charge in [0, 0.05) is 31.3 Å². The Morgan fingerprint density at radius 3 is 2.48 bits per heavy atom. The minimum Gasteiger partial charge on any atom is -0.508 e. The normalized spacial score (nSPS) is 12.3. The van der Waals surface area contributed by atoms with Crippen LogP contribution in [-0.2, 0) is 17.9 Å². The maximum absolute atomic E-state index is 9.88. The third-order valence-electron chi connectivity index (χ3n) is 3.50. The van der Waals surface area contributed by atoms with E-state index >= 15 is 0 Å². The molecule has 3 N–H and O–H groups in total. The van der Waals surface area contributed by atoms with Gasteiger partial charge in [0.25, 0.3) is 0 Å². The highest BCUT2D eigenvalue weighted by Crippen LogP contribution is 2.28. The van der Waals surface area contributed by atoms with E-state index < -0.39 is 0 Å². The molecular formula is C17H21NO3. The van der Waals surface area contributed by atoms with Gasteiger partial charge in [0.05, 0.1) is 6.61 Å². The first kappa shape index (κ1) is 15.4. The summed E-state index contributed by atoms with van der Waals surface area (Å²) in [5, 5.41) is 22.6. The van der Waals surface area contributed by atoms with Crippen molar-refractivity contribution in [3.05, 3.63) is 59.2 Å². The molecule has 1 unspecified atom stereocenters. The lowest BCUT2D eigenvalue weighted by atomic mass is 10.0. The maximum atomic E-state index is 9.88. The average molecular weight is 287 g/mol. The van der Waals surface area contributed by atoms with Crippen LogP contribution in [0.3, 0.4) is 0 Å².